The first kappa shape index (κ1) is 20.4. The molecule has 0 radical (unpaired) electrons. The molecule has 0 saturated carbocycles. The molecule has 2 aromatic heterocycles. The Hall–Kier alpha value is -2.34. The van der Waals surface area contributed by atoms with Crippen molar-refractivity contribution in [2.45, 2.75) is 16.9 Å². The number of benzene rings is 1. The summed E-state index contributed by atoms with van der Waals surface area (Å²) in [5.41, 5.74) is -1.32. The molecule has 2 N–H and O–H groups in total. The molecule has 2 heterocycles. The fourth-order valence-corrected chi connectivity index (χ4v) is 4.35. The summed E-state index contributed by atoms with van der Waals surface area (Å²) in [4.78, 5) is 0.216. The van der Waals surface area contributed by atoms with Crippen LogP contribution in [-0.2, 0) is 15.6 Å². The Labute approximate surface area is 162 Å². The Morgan fingerprint density at radius 1 is 1.14 bits per heavy atom. The maximum atomic E-state index is 12.5. The number of thiophene rings is 1. The van der Waals surface area contributed by atoms with E-state index in [1.807, 2.05) is 0 Å². The average molecular weight is 433 g/mol. The number of aliphatic hydroxyl groups is 1. The summed E-state index contributed by atoms with van der Waals surface area (Å²) in [5, 5.41) is 12.8. The molecule has 1 aromatic carbocycles. The van der Waals surface area contributed by atoms with E-state index >= 15 is 0 Å². The Bertz CT molecular complexity index is 964. The Morgan fingerprint density at radius 2 is 1.86 bits per heavy atom. The fourth-order valence-electron chi connectivity index (χ4n) is 2.45. The fraction of sp³-hybridized carbons (Fsp3) is 0.176. The molecule has 3 rings (SSSR count). The third-order valence-corrected chi connectivity index (χ3v) is 6.25. The summed E-state index contributed by atoms with van der Waals surface area (Å²) >= 11 is 1.23. The van der Waals surface area contributed by atoms with E-state index in [0.29, 0.717) is 10.4 Å². The minimum Gasteiger partial charge on any atom is -0.472 e. The smallest absolute Gasteiger partial charge is 0.472 e. The number of nitrogens with one attached hydrogen (secondary N) is 1. The largest absolute Gasteiger partial charge is 0.573 e. The zero-order valence-corrected chi connectivity index (χ0v) is 15.6. The van der Waals surface area contributed by atoms with Gasteiger partial charge < -0.3 is 14.3 Å². The van der Waals surface area contributed by atoms with E-state index in [-0.39, 0.29) is 4.90 Å². The predicted octanol–water partition coefficient (Wildman–Crippen LogP) is 3.45. The van der Waals surface area contributed by atoms with Gasteiger partial charge >= 0.3 is 6.36 Å². The minimum absolute atomic E-state index is 0.275. The molecule has 6 nitrogen and oxygen atoms in total. The zero-order chi connectivity index (χ0) is 20.4. The van der Waals surface area contributed by atoms with Crippen molar-refractivity contribution in [3.05, 3.63) is 70.8 Å². The second-order valence-electron chi connectivity index (χ2n) is 5.69. The third-order valence-electron chi connectivity index (χ3n) is 3.81. The molecule has 28 heavy (non-hydrogen) atoms. The van der Waals surface area contributed by atoms with Gasteiger partial charge in [-0.1, -0.05) is 6.07 Å². The van der Waals surface area contributed by atoms with Crippen LogP contribution in [0.4, 0.5) is 13.2 Å². The molecule has 0 aliphatic heterocycles. The monoisotopic (exact) mass is 433 g/mol. The van der Waals surface area contributed by atoms with Crippen molar-refractivity contribution in [3.63, 3.8) is 0 Å². The van der Waals surface area contributed by atoms with Gasteiger partial charge in [-0.05, 0) is 41.8 Å². The first-order valence-corrected chi connectivity index (χ1v) is 10.1. The van der Waals surface area contributed by atoms with E-state index in [9.17, 15) is 26.7 Å². The number of alkyl halides is 3. The number of rotatable bonds is 7. The topological polar surface area (TPSA) is 88.8 Å². The molecule has 0 unspecified atom stereocenters. The van der Waals surface area contributed by atoms with E-state index < -0.39 is 34.3 Å². The van der Waals surface area contributed by atoms with Crippen LogP contribution in [0.2, 0.25) is 0 Å². The van der Waals surface area contributed by atoms with Crippen LogP contribution in [0.3, 0.4) is 0 Å². The Kier molecular flexibility index (Phi) is 5.53. The molecule has 0 spiro atoms. The molecule has 0 saturated heterocycles. The Morgan fingerprint density at radius 3 is 2.39 bits per heavy atom. The van der Waals surface area contributed by atoms with Crippen LogP contribution in [0.15, 0.2) is 69.7 Å². The molecule has 0 fully saturated rings. The standard InChI is InChI=1S/C17H14F3NO5S2/c18-17(19,20)26-13-3-5-14(6-4-13)28(23,24)21-11-16(22,12-7-8-25-10-12)15-2-1-9-27-15/h1-10,21-22H,11H2/t16-/m1/s1. The van der Waals surface area contributed by atoms with E-state index in [2.05, 4.69) is 9.46 Å². The molecular formula is C17H14F3NO5S2. The maximum absolute atomic E-state index is 12.5. The van der Waals surface area contributed by atoms with Crippen molar-refractivity contribution in [1.29, 1.82) is 0 Å². The molecule has 0 amide bonds. The van der Waals surface area contributed by atoms with E-state index in [1.54, 1.807) is 17.5 Å². The van der Waals surface area contributed by atoms with Crippen LogP contribution in [0.5, 0.6) is 5.75 Å². The second-order valence-corrected chi connectivity index (χ2v) is 8.41. The van der Waals surface area contributed by atoms with Gasteiger partial charge in [0.05, 0.1) is 17.4 Å². The number of ether oxygens (including phenoxy) is 1. The van der Waals surface area contributed by atoms with E-state index in [0.717, 1.165) is 24.3 Å². The normalized spacial score (nSPS) is 14.6. The van der Waals surface area contributed by atoms with Crippen LogP contribution < -0.4 is 9.46 Å². The summed E-state index contributed by atoms with van der Waals surface area (Å²) in [6.45, 7) is -0.407. The number of hydrogen-bond donors (Lipinski definition) is 2. The predicted molar refractivity (Wildman–Crippen MR) is 94.3 cm³/mol. The number of halogens is 3. The lowest BCUT2D eigenvalue weighted by Crippen LogP contribution is -2.40. The highest BCUT2D eigenvalue weighted by atomic mass is 32.2. The van der Waals surface area contributed by atoms with Gasteiger partial charge in [0.25, 0.3) is 0 Å². The van der Waals surface area contributed by atoms with Gasteiger partial charge in [-0.2, -0.15) is 0 Å². The lowest BCUT2D eigenvalue weighted by atomic mass is 9.95. The van der Waals surface area contributed by atoms with Gasteiger partial charge in [0.15, 0.2) is 0 Å². The van der Waals surface area contributed by atoms with Crippen LogP contribution in [0.1, 0.15) is 10.4 Å². The highest BCUT2D eigenvalue weighted by Crippen LogP contribution is 2.33. The lowest BCUT2D eigenvalue weighted by molar-refractivity contribution is -0.274. The number of hydrogen-bond acceptors (Lipinski definition) is 6. The lowest BCUT2D eigenvalue weighted by Gasteiger charge is -2.26. The van der Waals surface area contributed by atoms with Crippen LogP contribution in [-0.4, -0.2) is 26.4 Å². The third kappa shape index (κ3) is 4.55. The van der Waals surface area contributed by atoms with Crippen molar-refractivity contribution in [2.75, 3.05) is 6.54 Å². The first-order valence-electron chi connectivity index (χ1n) is 7.75. The van der Waals surface area contributed by atoms with Gasteiger partial charge in [0, 0.05) is 17.0 Å². The molecule has 0 bridgehead atoms. The zero-order valence-electron chi connectivity index (χ0n) is 14.0. The second kappa shape index (κ2) is 7.59. The van der Waals surface area contributed by atoms with Crippen molar-refractivity contribution < 1.29 is 35.8 Å². The van der Waals surface area contributed by atoms with E-state index in [1.165, 1.54) is 29.9 Å². The quantitative estimate of drug-likeness (QED) is 0.596. The molecule has 0 aliphatic carbocycles. The van der Waals surface area contributed by atoms with Gasteiger partial charge in [-0.25, -0.2) is 13.1 Å². The molecule has 3 aromatic rings. The minimum atomic E-state index is -4.87. The van der Waals surface area contributed by atoms with Crippen molar-refractivity contribution in [1.82, 2.24) is 4.72 Å². The molecule has 11 heteroatoms. The van der Waals surface area contributed by atoms with Crippen LogP contribution >= 0.6 is 11.3 Å². The van der Waals surface area contributed by atoms with Crippen LogP contribution in [0, 0.1) is 0 Å². The van der Waals surface area contributed by atoms with Gasteiger partial charge in [0.1, 0.15) is 11.4 Å². The average Bonchev–Trinajstić information content (AvgIpc) is 3.32. The maximum Gasteiger partial charge on any atom is 0.573 e. The summed E-state index contributed by atoms with van der Waals surface area (Å²) in [5.74, 6) is -0.542. The summed E-state index contributed by atoms with van der Waals surface area (Å²) < 4.78 is 72.6. The summed E-state index contributed by atoms with van der Waals surface area (Å²) in [6.07, 6.45) is -2.22. The molecule has 0 aliphatic rings. The van der Waals surface area contributed by atoms with Crippen molar-refractivity contribution >= 4 is 21.4 Å². The Balaban J connectivity index is 1.80. The van der Waals surface area contributed by atoms with Crippen molar-refractivity contribution in [3.8, 4) is 5.75 Å². The number of furan rings is 1. The van der Waals surface area contributed by atoms with Gasteiger partial charge in [-0.3, -0.25) is 0 Å². The molecule has 1 atom stereocenters. The molecular weight excluding hydrogens is 419 g/mol. The molecule has 150 valence electrons. The highest BCUT2D eigenvalue weighted by Gasteiger charge is 2.35. The van der Waals surface area contributed by atoms with E-state index in [4.69, 9.17) is 4.42 Å². The van der Waals surface area contributed by atoms with Crippen LogP contribution in [0.25, 0.3) is 0 Å². The summed E-state index contributed by atoms with van der Waals surface area (Å²) in [6, 6.07) is 8.61. The van der Waals surface area contributed by atoms with Gasteiger partial charge in [-0.15, -0.1) is 24.5 Å². The SMILES string of the molecule is O=S(=O)(NC[C@@](O)(c1ccoc1)c1cccs1)c1ccc(OC(F)(F)F)cc1. The van der Waals surface area contributed by atoms with Crippen molar-refractivity contribution in [2.24, 2.45) is 0 Å². The highest BCUT2D eigenvalue weighted by molar-refractivity contribution is 7.89. The number of sulfonamides is 1. The summed E-state index contributed by atoms with van der Waals surface area (Å²) in [7, 11) is -4.11. The van der Waals surface area contributed by atoms with Gasteiger partial charge in [0.2, 0.25) is 10.0 Å². The first-order chi connectivity index (χ1) is 13.1.